The Morgan fingerprint density at radius 1 is 0.653 bits per heavy atom. The molecule has 0 saturated carbocycles. The van der Waals surface area contributed by atoms with Crippen molar-refractivity contribution < 1.29 is 4.79 Å². The predicted molar refractivity (Wildman–Crippen MR) is 207 cm³/mol. The first kappa shape index (κ1) is 30.7. The molecular formula is C46H40N2O. The van der Waals surface area contributed by atoms with Crippen molar-refractivity contribution >= 4 is 55.5 Å². The van der Waals surface area contributed by atoms with Gasteiger partial charge in [-0.3, -0.25) is 4.79 Å². The fourth-order valence-corrected chi connectivity index (χ4v) is 8.00. The highest BCUT2D eigenvalue weighted by Crippen LogP contribution is 2.47. The van der Waals surface area contributed by atoms with Crippen LogP contribution in [-0.2, 0) is 4.79 Å². The number of aromatic nitrogens is 2. The summed E-state index contributed by atoms with van der Waals surface area (Å²) in [6, 6.07) is 51.5. The minimum Gasteiger partial charge on any atom is -0.336 e. The van der Waals surface area contributed by atoms with Gasteiger partial charge in [-0.05, 0) is 72.0 Å². The van der Waals surface area contributed by atoms with E-state index < -0.39 is 5.41 Å². The maximum Gasteiger partial charge on any atom is 0.163 e. The maximum atomic E-state index is 14.4. The van der Waals surface area contributed by atoms with Crippen LogP contribution in [0, 0.1) is 5.41 Å². The van der Waals surface area contributed by atoms with Crippen LogP contribution in [0.2, 0.25) is 0 Å². The van der Waals surface area contributed by atoms with E-state index in [1.54, 1.807) is 6.08 Å². The van der Waals surface area contributed by atoms with Crippen molar-refractivity contribution in [3.8, 4) is 16.8 Å². The van der Waals surface area contributed by atoms with Gasteiger partial charge < -0.3 is 9.13 Å². The Kier molecular flexibility index (Phi) is 7.76. The summed E-state index contributed by atoms with van der Waals surface area (Å²) in [5.74, 6) is 0.155. The van der Waals surface area contributed by atoms with Gasteiger partial charge in [0.2, 0.25) is 0 Å². The van der Waals surface area contributed by atoms with E-state index in [9.17, 15) is 4.79 Å². The van der Waals surface area contributed by atoms with E-state index in [4.69, 9.17) is 0 Å². The molecule has 3 heteroatoms. The molecule has 2 heterocycles. The summed E-state index contributed by atoms with van der Waals surface area (Å²) in [6.07, 6.45) is 5.30. The second-order valence-electron chi connectivity index (χ2n) is 13.3. The highest BCUT2D eigenvalue weighted by molar-refractivity contribution is 6.26. The van der Waals surface area contributed by atoms with Gasteiger partial charge in [0.25, 0.3) is 0 Å². The number of hydrogen-bond acceptors (Lipinski definition) is 1. The van der Waals surface area contributed by atoms with Crippen molar-refractivity contribution in [3.05, 3.63) is 157 Å². The predicted octanol–water partition coefficient (Wildman–Crippen LogP) is 12.2. The van der Waals surface area contributed by atoms with Crippen LogP contribution in [0.1, 0.15) is 45.2 Å². The molecule has 2 unspecified atom stereocenters. The largest absolute Gasteiger partial charge is 0.336 e. The molecular weight excluding hydrogens is 597 g/mol. The smallest absolute Gasteiger partial charge is 0.163 e. The molecule has 6 aromatic carbocycles. The Balaban J connectivity index is 1.46. The number of hydrogen-bond donors (Lipinski definition) is 0. The van der Waals surface area contributed by atoms with Crippen molar-refractivity contribution in [1.82, 2.24) is 9.13 Å². The third kappa shape index (κ3) is 5.00. The topological polar surface area (TPSA) is 26.9 Å². The van der Waals surface area contributed by atoms with Crippen LogP contribution < -0.4 is 0 Å². The van der Waals surface area contributed by atoms with E-state index in [0.717, 1.165) is 35.1 Å². The van der Waals surface area contributed by atoms with Gasteiger partial charge >= 0.3 is 0 Å². The molecule has 0 bridgehead atoms. The fraction of sp³-hybridized carbons (Fsp3) is 0.152. The second kappa shape index (κ2) is 12.4. The van der Waals surface area contributed by atoms with E-state index in [0.29, 0.717) is 0 Å². The summed E-state index contributed by atoms with van der Waals surface area (Å²) in [5, 5.41) is 4.85. The van der Waals surface area contributed by atoms with Crippen molar-refractivity contribution in [2.75, 3.05) is 0 Å². The number of ketones is 1. The van der Waals surface area contributed by atoms with Gasteiger partial charge in [-0.25, -0.2) is 0 Å². The molecule has 240 valence electrons. The molecule has 2 atom stereocenters. The third-order valence-corrected chi connectivity index (χ3v) is 10.7. The number of rotatable bonds is 9. The zero-order valence-electron chi connectivity index (χ0n) is 28.3. The number of carbonyl (C=O) groups excluding carboxylic acids is 1. The van der Waals surface area contributed by atoms with Gasteiger partial charge in [0.15, 0.2) is 5.78 Å². The number of carbonyl (C=O) groups is 1. The number of benzene rings is 6. The Labute approximate surface area is 287 Å². The number of fused-ring (bicyclic) bond motifs is 7. The summed E-state index contributed by atoms with van der Waals surface area (Å²) >= 11 is 0. The molecule has 3 nitrogen and oxygen atoms in total. The lowest BCUT2D eigenvalue weighted by molar-refractivity contribution is -0.125. The molecule has 49 heavy (non-hydrogen) atoms. The van der Waals surface area contributed by atoms with Crippen LogP contribution >= 0.6 is 0 Å². The molecule has 8 aromatic rings. The van der Waals surface area contributed by atoms with Gasteiger partial charge in [-0.2, -0.15) is 0 Å². The maximum absolute atomic E-state index is 14.4. The van der Waals surface area contributed by atoms with Crippen molar-refractivity contribution in [2.45, 2.75) is 39.7 Å². The molecule has 0 aliphatic rings. The van der Waals surface area contributed by atoms with Gasteiger partial charge in [0.1, 0.15) is 0 Å². The molecule has 0 spiro atoms. The van der Waals surface area contributed by atoms with E-state index in [-0.39, 0.29) is 11.8 Å². The van der Waals surface area contributed by atoms with E-state index >= 15 is 0 Å². The molecule has 0 N–H and O–H groups in total. The lowest BCUT2D eigenvalue weighted by Crippen LogP contribution is -2.36. The quantitative estimate of drug-likeness (QED) is 0.145. The lowest BCUT2D eigenvalue weighted by atomic mass is 9.74. The van der Waals surface area contributed by atoms with E-state index in [1.165, 1.54) is 43.7 Å². The minimum absolute atomic E-state index is 0.0779. The Morgan fingerprint density at radius 2 is 1.31 bits per heavy atom. The molecule has 0 fully saturated rings. The fourth-order valence-electron chi connectivity index (χ4n) is 8.00. The summed E-state index contributed by atoms with van der Waals surface area (Å²) in [5.41, 5.74) is 8.58. The highest BCUT2D eigenvalue weighted by atomic mass is 16.1. The van der Waals surface area contributed by atoms with Crippen LogP contribution in [0.4, 0.5) is 0 Å². The standard InChI is InChI=1S/C46H40N2O/c1-4-42(46(3,5-2)43(49)30-25-32-17-9-6-10-18-32)48-39-24-16-15-23-36(39)37-27-29-41-44(45(37)48)38-31-34(33-19-11-7-12-20-33)26-28-40(38)47(41)35-21-13-8-14-22-35/h6-31,42H,4-5H2,1-3H3/b30-25+. The van der Waals surface area contributed by atoms with E-state index in [1.807, 2.05) is 36.4 Å². The Bertz CT molecular complexity index is 2490. The molecule has 2 aromatic heterocycles. The first-order chi connectivity index (χ1) is 24.0. The SMILES string of the molecule is CCC(n1c2ccccc2c2ccc3c(c4cc(-c5ccccc5)ccc4n3-c3ccccc3)c21)C(C)(CC)C(=O)/C=C/c1ccccc1. The van der Waals surface area contributed by atoms with Crippen LogP contribution in [0.5, 0.6) is 0 Å². The third-order valence-electron chi connectivity index (χ3n) is 10.7. The zero-order chi connectivity index (χ0) is 33.5. The van der Waals surface area contributed by atoms with Crippen LogP contribution in [-0.4, -0.2) is 14.9 Å². The lowest BCUT2D eigenvalue weighted by Gasteiger charge is -2.36. The molecule has 0 amide bonds. The van der Waals surface area contributed by atoms with Gasteiger partial charge in [-0.1, -0.05) is 136 Å². The molecule has 0 aliphatic carbocycles. The normalized spacial score (nSPS) is 13.9. The van der Waals surface area contributed by atoms with Gasteiger partial charge in [0, 0.05) is 38.8 Å². The summed E-state index contributed by atoms with van der Waals surface area (Å²) in [7, 11) is 0. The van der Waals surface area contributed by atoms with Crippen molar-refractivity contribution in [3.63, 3.8) is 0 Å². The zero-order valence-corrected chi connectivity index (χ0v) is 28.3. The first-order valence-corrected chi connectivity index (χ1v) is 17.4. The van der Waals surface area contributed by atoms with Crippen LogP contribution in [0.15, 0.2) is 152 Å². The van der Waals surface area contributed by atoms with Crippen molar-refractivity contribution in [1.29, 1.82) is 0 Å². The van der Waals surface area contributed by atoms with Gasteiger partial charge in [-0.15, -0.1) is 0 Å². The minimum atomic E-state index is -0.635. The summed E-state index contributed by atoms with van der Waals surface area (Å²) in [6.45, 7) is 6.56. The number of para-hydroxylation sites is 2. The average molecular weight is 637 g/mol. The van der Waals surface area contributed by atoms with E-state index in [2.05, 4.69) is 145 Å². The number of nitrogens with zero attached hydrogens (tertiary/aromatic N) is 2. The van der Waals surface area contributed by atoms with Crippen LogP contribution in [0.3, 0.4) is 0 Å². The summed E-state index contributed by atoms with van der Waals surface area (Å²) in [4.78, 5) is 14.4. The Hall–Kier alpha value is -5.67. The molecule has 0 aliphatic heterocycles. The second-order valence-corrected chi connectivity index (χ2v) is 13.3. The molecule has 0 saturated heterocycles. The molecule has 8 rings (SSSR count). The number of allylic oxidation sites excluding steroid dienone is 1. The monoisotopic (exact) mass is 636 g/mol. The van der Waals surface area contributed by atoms with Gasteiger partial charge in [0.05, 0.1) is 22.0 Å². The highest BCUT2D eigenvalue weighted by Gasteiger charge is 2.40. The first-order valence-electron chi connectivity index (χ1n) is 17.4. The van der Waals surface area contributed by atoms with Crippen LogP contribution in [0.25, 0.3) is 66.5 Å². The Morgan fingerprint density at radius 3 is 2.02 bits per heavy atom. The average Bonchev–Trinajstić information content (AvgIpc) is 3.67. The van der Waals surface area contributed by atoms with Crippen molar-refractivity contribution in [2.24, 2.45) is 5.41 Å². The molecule has 0 radical (unpaired) electrons. The summed E-state index contributed by atoms with van der Waals surface area (Å²) < 4.78 is 4.92.